The largest absolute Gasteiger partial charge is 0.374 e. The smallest absolute Gasteiger partial charge is 0.220 e. The molecule has 2 aliphatic rings. The number of nitrogens with one attached hydrogen (secondary N) is 2. The third kappa shape index (κ3) is 3.17. The molecule has 0 aromatic rings. The van der Waals surface area contributed by atoms with Gasteiger partial charge in [0.25, 0.3) is 0 Å². The minimum atomic E-state index is 0.199. The van der Waals surface area contributed by atoms with Crippen LogP contribution in [0, 0.1) is 0 Å². The fourth-order valence-electron chi connectivity index (χ4n) is 2.42. The van der Waals surface area contributed by atoms with E-state index in [0.717, 1.165) is 39.2 Å². The third-order valence-corrected chi connectivity index (χ3v) is 3.22. The number of rotatable bonds is 4. The fraction of sp³-hybridized carbons (Fsp3) is 0.909. The minimum absolute atomic E-state index is 0.199. The first-order chi connectivity index (χ1) is 7.78. The van der Waals surface area contributed by atoms with Gasteiger partial charge in [-0.3, -0.25) is 9.69 Å². The Labute approximate surface area is 96.5 Å². The van der Waals surface area contributed by atoms with Crippen LogP contribution in [0.3, 0.4) is 0 Å². The Morgan fingerprint density at radius 3 is 3.19 bits per heavy atom. The third-order valence-electron chi connectivity index (χ3n) is 3.22. The second-order valence-corrected chi connectivity index (χ2v) is 4.61. The molecule has 2 saturated heterocycles. The molecule has 0 aliphatic carbocycles. The van der Waals surface area contributed by atoms with Crippen molar-refractivity contribution in [3.63, 3.8) is 0 Å². The summed E-state index contributed by atoms with van der Waals surface area (Å²) in [4.78, 5) is 13.5. The van der Waals surface area contributed by atoms with Gasteiger partial charge in [-0.05, 0) is 13.5 Å². The number of nitrogens with zero attached hydrogens (tertiary/aromatic N) is 1. The Hall–Kier alpha value is -0.650. The monoisotopic (exact) mass is 227 g/mol. The van der Waals surface area contributed by atoms with Crippen LogP contribution in [0.4, 0.5) is 0 Å². The number of amides is 1. The Morgan fingerprint density at radius 2 is 2.50 bits per heavy atom. The van der Waals surface area contributed by atoms with Crippen LogP contribution in [0.1, 0.15) is 12.8 Å². The van der Waals surface area contributed by atoms with Crippen LogP contribution in [0.15, 0.2) is 0 Å². The highest BCUT2D eigenvalue weighted by Crippen LogP contribution is 2.11. The second kappa shape index (κ2) is 5.61. The minimum Gasteiger partial charge on any atom is -0.374 e. The normalized spacial score (nSPS) is 31.7. The van der Waals surface area contributed by atoms with Crippen LogP contribution >= 0.6 is 0 Å². The maximum atomic E-state index is 11.1. The predicted molar refractivity (Wildman–Crippen MR) is 61.3 cm³/mol. The van der Waals surface area contributed by atoms with E-state index in [9.17, 15) is 4.79 Å². The van der Waals surface area contributed by atoms with Crippen molar-refractivity contribution >= 4 is 5.91 Å². The van der Waals surface area contributed by atoms with Crippen molar-refractivity contribution < 1.29 is 9.53 Å². The van der Waals surface area contributed by atoms with Crippen molar-refractivity contribution in [1.82, 2.24) is 15.5 Å². The van der Waals surface area contributed by atoms with Crippen LogP contribution in [-0.2, 0) is 9.53 Å². The quantitative estimate of drug-likeness (QED) is 0.659. The summed E-state index contributed by atoms with van der Waals surface area (Å²) < 4.78 is 5.64. The van der Waals surface area contributed by atoms with Gasteiger partial charge in [0.1, 0.15) is 0 Å². The highest BCUT2D eigenvalue weighted by Gasteiger charge is 2.26. The Bertz CT molecular complexity index is 245. The van der Waals surface area contributed by atoms with Crippen molar-refractivity contribution in [3.05, 3.63) is 0 Å². The summed E-state index contributed by atoms with van der Waals surface area (Å²) in [5, 5.41) is 6.15. The first kappa shape index (κ1) is 11.8. The first-order valence-electron chi connectivity index (χ1n) is 6.06. The number of carbonyl (C=O) groups excluding carboxylic acids is 1. The van der Waals surface area contributed by atoms with Crippen LogP contribution in [0.2, 0.25) is 0 Å². The number of carbonyl (C=O) groups is 1. The summed E-state index contributed by atoms with van der Waals surface area (Å²) >= 11 is 0. The summed E-state index contributed by atoms with van der Waals surface area (Å²) in [6.45, 7) is 4.61. The number of likely N-dealkylation sites (N-methyl/N-ethyl adjacent to an activating group) is 1. The van der Waals surface area contributed by atoms with Gasteiger partial charge >= 0.3 is 0 Å². The van der Waals surface area contributed by atoms with E-state index < -0.39 is 0 Å². The number of morpholine rings is 1. The van der Waals surface area contributed by atoms with E-state index in [2.05, 4.69) is 15.5 Å². The van der Waals surface area contributed by atoms with Crippen LogP contribution in [-0.4, -0.2) is 62.8 Å². The summed E-state index contributed by atoms with van der Waals surface area (Å²) in [5.41, 5.74) is 0. The molecule has 5 heteroatoms. The van der Waals surface area contributed by atoms with Crippen LogP contribution in [0.5, 0.6) is 0 Å². The molecule has 0 aromatic heterocycles. The standard InChI is InChI=1S/C11H21N3O2/c1-12-6-10-8-14(4-5-16-10)7-9-2-3-11(15)13-9/h9-10,12H,2-8H2,1H3,(H,13,15). The van der Waals surface area contributed by atoms with Gasteiger partial charge in [-0.1, -0.05) is 0 Å². The van der Waals surface area contributed by atoms with Gasteiger partial charge in [0.05, 0.1) is 12.7 Å². The van der Waals surface area contributed by atoms with Crippen LogP contribution < -0.4 is 10.6 Å². The number of hydrogen-bond donors (Lipinski definition) is 2. The van der Waals surface area contributed by atoms with E-state index in [4.69, 9.17) is 4.74 Å². The molecule has 2 rings (SSSR count). The summed E-state index contributed by atoms with van der Waals surface area (Å²) in [6.07, 6.45) is 1.96. The van der Waals surface area contributed by atoms with Crippen molar-refractivity contribution in [2.24, 2.45) is 0 Å². The molecule has 0 bridgehead atoms. The Balaban J connectivity index is 1.74. The number of ether oxygens (including phenoxy) is 1. The molecular formula is C11H21N3O2. The van der Waals surface area contributed by atoms with Gasteiger partial charge in [0, 0.05) is 38.6 Å². The van der Waals surface area contributed by atoms with Gasteiger partial charge in [0.15, 0.2) is 0 Å². The fourth-order valence-corrected chi connectivity index (χ4v) is 2.42. The lowest BCUT2D eigenvalue weighted by molar-refractivity contribution is -0.119. The zero-order valence-electron chi connectivity index (χ0n) is 9.87. The lowest BCUT2D eigenvalue weighted by Gasteiger charge is -2.34. The summed E-state index contributed by atoms with van der Waals surface area (Å²) in [7, 11) is 1.94. The SMILES string of the molecule is CNCC1CN(CC2CCC(=O)N2)CCO1. The van der Waals surface area contributed by atoms with Crippen molar-refractivity contribution in [3.8, 4) is 0 Å². The summed E-state index contributed by atoms with van der Waals surface area (Å²) in [5.74, 6) is 0.199. The van der Waals surface area contributed by atoms with Gasteiger partial charge < -0.3 is 15.4 Å². The molecular weight excluding hydrogens is 206 g/mol. The summed E-state index contributed by atoms with van der Waals surface area (Å²) in [6, 6.07) is 0.348. The highest BCUT2D eigenvalue weighted by atomic mass is 16.5. The maximum absolute atomic E-state index is 11.1. The zero-order chi connectivity index (χ0) is 11.4. The lowest BCUT2D eigenvalue weighted by atomic mass is 10.2. The molecule has 2 atom stereocenters. The molecule has 0 radical (unpaired) electrons. The Morgan fingerprint density at radius 1 is 1.62 bits per heavy atom. The average molecular weight is 227 g/mol. The molecule has 0 saturated carbocycles. The van der Waals surface area contributed by atoms with E-state index in [0.29, 0.717) is 12.5 Å². The zero-order valence-corrected chi connectivity index (χ0v) is 9.87. The molecule has 2 fully saturated rings. The molecule has 16 heavy (non-hydrogen) atoms. The van der Waals surface area contributed by atoms with Gasteiger partial charge in [-0.25, -0.2) is 0 Å². The predicted octanol–water partition coefficient (Wildman–Crippen LogP) is -0.815. The molecule has 0 spiro atoms. The van der Waals surface area contributed by atoms with E-state index in [1.54, 1.807) is 0 Å². The van der Waals surface area contributed by atoms with Crippen molar-refractivity contribution in [2.75, 3.05) is 39.8 Å². The average Bonchev–Trinajstić information content (AvgIpc) is 2.65. The van der Waals surface area contributed by atoms with Crippen LogP contribution in [0.25, 0.3) is 0 Å². The molecule has 2 aliphatic heterocycles. The van der Waals surface area contributed by atoms with E-state index in [-0.39, 0.29) is 12.0 Å². The maximum Gasteiger partial charge on any atom is 0.220 e. The molecule has 1 amide bonds. The van der Waals surface area contributed by atoms with Crippen molar-refractivity contribution in [2.45, 2.75) is 25.0 Å². The molecule has 2 heterocycles. The van der Waals surface area contributed by atoms with Crippen molar-refractivity contribution in [1.29, 1.82) is 0 Å². The molecule has 2 N–H and O–H groups in total. The highest BCUT2D eigenvalue weighted by molar-refractivity contribution is 5.78. The van der Waals surface area contributed by atoms with E-state index in [1.165, 1.54) is 0 Å². The van der Waals surface area contributed by atoms with Gasteiger partial charge in [0.2, 0.25) is 5.91 Å². The van der Waals surface area contributed by atoms with E-state index >= 15 is 0 Å². The molecule has 5 nitrogen and oxygen atoms in total. The molecule has 92 valence electrons. The topological polar surface area (TPSA) is 53.6 Å². The number of hydrogen-bond acceptors (Lipinski definition) is 4. The molecule has 2 unspecified atom stereocenters. The lowest BCUT2D eigenvalue weighted by Crippen LogP contribution is -2.49. The Kier molecular flexibility index (Phi) is 4.15. The first-order valence-corrected chi connectivity index (χ1v) is 6.06. The van der Waals surface area contributed by atoms with Gasteiger partial charge in [-0.15, -0.1) is 0 Å². The van der Waals surface area contributed by atoms with E-state index in [1.807, 2.05) is 7.05 Å². The second-order valence-electron chi connectivity index (χ2n) is 4.61. The molecule has 0 aromatic carbocycles. The van der Waals surface area contributed by atoms with Gasteiger partial charge in [-0.2, -0.15) is 0 Å².